The van der Waals surface area contributed by atoms with E-state index in [1.165, 1.54) is 18.2 Å². The maximum absolute atomic E-state index is 12.3. The Morgan fingerprint density at radius 1 is 1.22 bits per heavy atom. The highest BCUT2D eigenvalue weighted by Crippen LogP contribution is 2.39. The van der Waals surface area contributed by atoms with Crippen molar-refractivity contribution >= 4 is 27.6 Å². The molecule has 0 aliphatic heterocycles. The number of rotatable bonds is 5. The molecule has 7 nitrogen and oxygen atoms in total. The predicted octanol–water partition coefficient (Wildman–Crippen LogP) is 1.42. The van der Waals surface area contributed by atoms with Gasteiger partial charge in [-0.25, -0.2) is 13.1 Å². The van der Waals surface area contributed by atoms with Crippen LogP contribution in [0.1, 0.15) is 27.2 Å². The molecule has 1 amide bonds. The summed E-state index contributed by atoms with van der Waals surface area (Å²) in [5, 5.41) is 11.4. The van der Waals surface area contributed by atoms with Gasteiger partial charge in [0.1, 0.15) is 0 Å². The summed E-state index contributed by atoms with van der Waals surface area (Å²) < 4.78 is 27.1. The highest BCUT2D eigenvalue weighted by atomic mass is 32.2. The minimum Gasteiger partial charge on any atom is -0.481 e. The second-order valence-corrected chi connectivity index (χ2v) is 8.34. The third-order valence-corrected chi connectivity index (χ3v) is 5.05. The molecule has 3 N–H and O–H groups in total. The zero-order valence-corrected chi connectivity index (χ0v) is 14.0. The van der Waals surface area contributed by atoms with Crippen molar-refractivity contribution in [3.63, 3.8) is 0 Å². The summed E-state index contributed by atoms with van der Waals surface area (Å²) in [6.07, 6.45) is 0.310. The Kier molecular flexibility index (Phi) is 4.50. The van der Waals surface area contributed by atoms with Crippen molar-refractivity contribution in [2.24, 2.45) is 11.8 Å². The van der Waals surface area contributed by atoms with E-state index in [4.69, 9.17) is 5.11 Å². The van der Waals surface area contributed by atoms with E-state index in [2.05, 4.69) is 10.0 Å². The Hall–Kier alpha value is -1.93. The van der Waals surface area contributed by atoms with Gasteiger partial charge < -0.3 is 10.4 Å². The molecule has 0 spiro atoms. The molecular formula is C15H20N2O5S. The number of carboxylic acids is 1. The largest absolute Gasteiger partial charge is 0.481 e. The Bertz CT molecular complexity index is 736. The minimum atomic E-state index is -3.70. The quantitative estimate of drug-likeness (QED) is 0.750. The van der Waals surface area contributed by atoms with Crippen LogP contribution in [0.2, 0.25) is 0 Å². The van der Waals surface area contributed by atoms with Crippen molar-refractivity contribution in [1.29, 1.82) is 0 Å². The predicted molar refractivity (Wildman–Crippen MR) is 84.4 cm³/mol. The molecule has 8 heteroatoms. The van der Waals surface area contributed by atoms with Crippen LogP contribution >= 0.6 is 0 Å². The molecule has 1 aliphatic rings. The van der Waals surface area contributed by atoms with Gasteiger partial charge in [-0.3, -0.25) is 9.59 Å². The SMILES string of the molecule is CC(C)(C)NS(=O)(=O)c1cccc(NC(=O)C2CC2C(=O)O)c1. The first-order valence-corrected chi connectivity index (χ1v) is 8.66. The molecule has 126 valence electrons. The lowest BCUT2D eigenvalue weighted by atomic mass is 10.1. The van der Waals surface area contributed by atoms with Crippen molar-refractivity contribution in [2.75, 3.05) is 5.32 Å². The third-order valence-electron chi connectivity index (χ3n) is 3.30. The van der Waals surface area contributed by atoms with Crippen molar-refractivity contribution in [1.82, 2.24) is 4.72 Å². The molecule has 0 heterocycles. The summed E-state index contributed by atoms with van der Waals surface area (Å²) in [6, 6.07) is 5.87. The van der Waals surface area contributed by atoms with Gasteiger partial charge in [0.05, 0.1) is 16.7 Å². The first-order valence-electron chi connectivity index (χ1n) is 7.17. The summed E-state index contributed by atoms with van der Waals surface area (Å²) in [5.41, 5.74) is -0.302. The number of nitrogens with one attached hydrogen (secondary N) is 2. The number of hydrogen-bond donors (Lipinski definition) is 3. The van der Waals surface area contributed by atoms with Crippen LogP contribution in [0.3, 0.4) is 0 Å². The third kappa shape index (κ3) is 4.52. The van der Waals surface area contributed by atoms with Gasteiger partial charge in [0.25, 0.3) is 0 Å². The van der Waals surface area contributed by atoms with Crippen molar-refractivity contribution in [3.05, 3.63) is 24.3 Å². The molecule has 0 aromatic heterocycles. The number of anilines is 1. The lowest BCUT2D eigenvalue weighted by Crippen LogP contribution is -2.40. The summed E-state index contributed by atoms with van der Waals surface area (Å²) in [7, 11) is -3.70. The van der Waals surface area contributed by atoms with E-state index < -0.39 is 39.3 Å². The van der Waals surface area contributed by atoms with Crippen molar-refractivity contribution < 1.29 is 23.1 Å². The van der Waals surface area contributed by atoms with Crippen LogP contribution in [0.5, 0.6) is 0 Å². The molecule has 1 aliphatic carbocycles. The maximum atomic E-state index is 12.3. The van der Waals surface area contributed by atoms with E-state index in [1.54, 1.807) is 26.8 Å². The van der Waals surface area contributed by atoms with Gasteiger partial charge in [-0.05, 0) is 45.4 Å². The van der Waals surface area contributed by atoms with Crippen LogP contribution in [0.15, 0.2) is 29.2 Å². The second kappa shape index (κ2) is 5.93. The number of aliphatic carboxylic acids is 1. The molecule has 2 atom stereocenters. The fourth-order valence-electron chi connectivity index (χ4n) is 2.20. The van der Waals surface area contributed by atoms with Crippen molar-refractivity contribution in [3.8, 4) is 0 Å². The minimum absolute atomic E-state index is 0.0378. The number of carbonyl (C=O) groups excluding carboxylic acids is 1. The van der Waals surface area contributed by atoms with E-state index in [1.807, 2.05) is 0 Å². The average Bonchev–Trinajstić information content (AvgIpc) is 3.16. The fourth-order valence-corrected chi connectivity index (χ4v) is 3.66. The molecule has 2 unspecified atom stereocenters. The molecule has 1 fully saturated rings. The van der Waals surface area contributed by atoms with Gasteiger partial charge in [-0.1, -0.05) is 6.07 Å². The lowest BCUT2D eigenvalue weighted by Gasteiger charge is -2.20. The molecule has 0 radical (unpaired) electrons. The number of carbonyl (C=O) groups is 2. The van der Waals surface area contributed by atoms with Gasteiger partial charge in [0, 0.05) is 11.2 Å². The van der Waals surface area contributed by atoms with Gasteiger partial charge >= 0.3 is 5.97 Å². The summed E-state index contributed by atoms with van der Waals surface area (Å²) in [6.45, 7) is 5.19. The number of sulfonamides is 1. The molecule has 2 rings (SSSR count). The first-order chi connectivity index (χ1) is 10.5. The van der Waals surface area contributed by atoms with E-state index in [0.717, 1.165) is 0 Å². The summed E-state index contributed by atoms with van der Waals surface area (Å²) in [5.74, 6) is -2.60. The number of hydrogen-bond acceptors (Lipinski definition) is 4. The van der Waals surface area contributed by atoms with Crippen LogP contribution in [0.25, 0.3) is 0 Å². The smallest absolute Gasteiger partial charge is 0.307 e. The highest BCUT2D eigenvalue weighted by Gasteiger charge is 2.48. The van der Waals surface area contributed by atoms with Crippen molar-refractivity contribution in [2.45, 2.75) is 37.6 Å². The van der Waals surface area contributed by atoms with Crippen LogP contribution in [-0.2, 0) is 19.6 Å². The van der Waals surface area contributed by atoms with Crippen LogP contribution < -0.4 is 10.0 Å². The Balaban J connectivity index is 2.12. The van der Waals surface area contributed by atoms with E-state index in [-0.39, 0.29) is 4.90 Å². The van der Waals surface area contributed by atoms with Gasteiger partial charge in [0.2, 0.25) is 15.9 Å². The second-order valence-electron chi connectivity index (χ2n) is 6.66. The molecular weight excluding hydrogens is 320 g/mol. The Labute approximate surface area is 135 Å². The van der Waals surface area contributed by atoms with E-state index in [0.29, 0.717) is 12.1 Å². The molecule has 0 bridgehead atoms. The first kappa shape index (κ1) is 17.4. The molecule has 1 saturated carbocycles. The summed E-state index contributed by atoms with van der Waals surface area (Å²) >= 11 is 0. The molecule has 23 heavy (non-hydrogen) atoms. The molecule has 0 saturated heterocycles. The zero-order chi connectivity index (χ0) is 17.4. The van der Waals surface area contributed by atoms with Gasteiger partial charge in [0.15, 0.2) is 0 Å². The fraction of sp³-hybridized carbons (Fsp3) is 0.467. The van der Waals surface area contributed by atoms with E-state index in [9.17, 15) is 18.0 Å². The van der Waals surface area contributed by atoms with Crippen LogP contribution in [-0.4, -0.2) is 30.9 Å². The van der Waals surface area contributed by atoms with Gasteiger partial charge in [-0.15, -0.1) is 0 Å². The lowest BCUT2D eigenvalue weighted by molar-refractivity contribution is -0.139. The number of amides is 1. The zero-order valence-electron chi connectivity index (χ0n) is 13.2. The maximum Gasteiger partial charge on any atom is 0.307 e. The topological polar surface area (TPSA) is 113 Å². The van der Waals surface area contributed by atoms with Gasteiger partial charge in [-0.2, -0.15) is 0 Å². The van der Waals surface area contributed by atoms with Crippen LogP contribution in [0, 0.1) is 11.8 Å². The molecule has 1 aromatic carbocycles. The summed E-state index contributed by atoms with van der Waals surface area (Å²) in [4.78, 5) is 22.8. The number of carboxylic acid groups (broad SMARTS) is 1. The normalized spacial score (nSPS) is 20.8. The standard InChI is InChI=1S/C15H20N2O5S/c1-15(2,3)17-23(21,22)10-6-4-5-9(7-10)16-13(18)11-8-12(11)14(19)20/h4-7,11-12,17H,8H2,1-3H3,(H,16,18)(H,19,20). The number of benzene rings is 1. The Morgan fingerprint density at radius 2 is 1.87 bits per heavy atom. The van der Waals surface area contributed by atoms with E-state index >= 15 is 0 Å². The monoisotopic (exact) mass is 340 g/mol. The Morgan fingerprint density at radius 3 is 2.39 bits per heavy atom. The average molecular weight is 340 g/mol. The highest BCUT2D eigenvalue weighted by molar-refractivity contribution is 7.89. The molecule has 1 aromatic rings. The van der Waals surface area contributed by atoms with Crippen LogP contribution in [0.4, 0.5) is 5.69 Å².